The molecule has 0 saturated carbocycles. The second-order valence-corrected chi connectivity index (χ2v) is 7.57. The number of nitrogens with zero attached hydrogens (tertiary/aromatic N) is 2. The van der Waals surface area contributed by atoms with Crippen LogP contribution in [0.25, 0.3) is 20.7 Å². The van der Waals surface area contributed by atoms with Crippen LogP contribution < -0.4 is 5.56 Å². The van der Waals surface area contributed by atoms with Crippen LogP contribution in [-0.4, -0.2) is 20.3 Å². The molecule has 0 aliphatic rings. The van der Waals surface area contributed by atoms with E-state index in [9.17, 15) is 9.59 Å². The van der Waals surface area contributed by atoms with E-state index in [1.165, 1.54) is 27.1 Å². The van der Waals surface area contributed by atoms with Crippen LogP contribution in [0, 0.1) is 6.92 Å². The summed E-state index contributed by atoms with van der Waals surface area (Å²) < 4.78 is 1.38. The Kier molecular flexibility index (Phi) is 3.66. The minimum Gasteiger partial charge on any atom is -0.359 e. The lowest BCUT2D eigenvalue weighted by Gasteiger charge is -2.04. The zero-order chi connectivity index (χ0) is 16.7. The number of hydrogen-bond acceptors (Lipinski definition) is 5. The predicted molar refractivity (Wildman–Crippen MR) is 97.1 cm³/mol. The first kappa shape index (κ1) is 15.0. The number of thiophene rings is 2. The Hall–Kier alpha value is -2.51. The van der Waals surface area contributed by atoms with Crippen molar-refractivity contribution in [3.8, 4) is 10.4 Å². The number of carbonyl (C=O) groups excluding carboxylic acids is 1. The lowest BCUT2D eigenvalue weighted by atomic mass is 10.2. The molecule has 4 rings (SSSR count). The van der Waals surface area contributed by atoms with Gasteiger partial charge in [0.25, 0.3) is 5.56 Å². The van der Waals surface area contributed by atoms with E-state index in [-0.39, 0.29) is 17.9 Å². The second-order valence-electron chi connectivity index (χ2n) is 5.42. The Morgan fingerprint density at radius 2 is 2.21 bits per heavy atom. The highest BCUT2D eigenvalue weighted by Gasteiger charge is 2.16. The Balaban J connectivity index is 1.80. The number of aryl methyl sites for hydroxylation is 1. The molecule has 5 nitrogen and oxygen atoms in total. The number of nitrogens with one attached hydrogen (secondary N) is 1. The Morgan fingerprint density at radius 1 is 1.33 bits per heavy atom. The van der Waals surface area contributed by atoms with Crippen LogP contribution in [0.2, 0.25) is 0 Å². The van der Waals surface area contributed by atoms with Gasteiger partial charge in [0, 0.05) is 26.9 Å². The predicted octanol–water partition coefficient (Wildman–Crippen LogP) is 3.71. The highest BCUT2D eigenvalue weighted by Crippen LogP contribution is 2.34. The first-order valence-electron chi connectivity index (χ1n) is 7.33. The molecule has 0 amide bonds. The van der Waals surface area contributed by atoms with Gasteiger partial charge in [0.05, 0.1) is 24.0 Å². The largest absolute Gasteiger partial charge is 0.359 e. The van der Waals surface area contributed by atoms with E-state index in [1.807, 2.05) is 24.4 Å². The summed E-state index contributed by atoms with van der Waals surface area (Å²) in [6, 6.07) is 7.51. The van der Waals surface area contributed by atoms with Crippen LogP contribution >= 0.6 is 22.7 Å². The fourth-order valence-electron chi connectivity index (χ4n) is 2.58. The first-order chi connectivity index (χ1) is 11.6. The molecule has 0 aliphatic carbocycles. The highest BCUT2D eigenvalue weighted by molar-refractivity contribution is 7.19. The SMILES string of the molecule is Cc1ccc(-c2csc3ncn(CC(=O)c4ccc[nH]4)c(=O)c23)s1. The molecule has 24 heavy (non-hydrogen) atoms. The van der Waals surface area contributed by atoms with Crippen molar-refractivity contribution in [3.63, 3.8) is 0 Å². The first-order valence-corrected chi connectivity index (χ1v) is 9.03. The van der Waals surface area contributed by atoms with E-state index < -0.39 is 0 Å². The summed E-state index contributed by atoms with van der Waals surface area (Å²) in [6.07, 6.45) is 3.14. The zero-order valence-corrected chi connectivity index (χ0v) is 14.4. The van der Waals surface area contributed by atoms with Crippen LogP contribution in [-0.2, 0) is 6.54 Å². The minimum atomic E-state index is -0.179. The van der Waals surface area contributed by atoms with Gasteiger partial charge in [-0.15, -0.1) is 22.7 Å². The number of aromatic nitrogens is 3. The van der Waals surface area contributed by atoms with Gasteiger partial charge in [0.15, 0.2) is 5.78 Å². The second kappa shape index (κ2) is 5.85. The quantitative estimate of drug-likeness (QED) is 0.568. The maximum Gasteiger partial charge on any atom is 0.263 e. The molecule has 0 unspecified atom stereocenters. The molecule has 4 aromatic rings. The van der Waals surface area contributed by atoms with Gasteiger partial charge in [0.2, 0.25) is 0 Å². The number of carbonyl (C=O) groups is 1. The van der Waals surface area contributed by atoms with Crippen molar-refractivity contribution in [2.75, 3.05) is 0 Å². The highest BCUT2D eigenvalue weighted by atomic mass is 32.1. The van der Waals surface area contributed by atoms with Gasteiger partial charge in [-0.1, -0.05) is 0 Å². The standard InChI is InChI=1S/C17H13N3O2S2/c1-10-4-5-14(24-10)11-8-23-16-15(11)17(22)20(9-19-16)7-13(21)12-3-2-6-18-12/h2-6,8-9,18H,7H2,1H3. The van der Waals surface area contributed by atoms with Crippen molar-refractivity contribution < 1.29 is 4.79 Å². The number of aromatic amines is 1. The lowest BCUT2D eigenvalue weighted by Crippen LogP contribution is -2.24. The summed E-state index contributed by atoms with van der Waals surface area (Å²) in [4.78, 5) is 35.3. The van der Waals surface area contributed by atoms with Gasteiger partial charge in [-0.3, -0.25) is 14.2 Å². The molecule has 7 heteroatoms. The van der Waals surface area contributed by atoms with Crippen molar-refractivity contribution in [1.82, 2.24) is 14.5 Å². The average Bonchev–Trinajstić information content (AvgIpc) is 3.29. The van der Waals surface area contributed by atoms with Crippen LogP contribution in [0.4, 0.5) is 0 Å². The topological polar surface area (TPSA) is 67.8 Å². The van der Waals surface area contributed by atoms with E-state index >= 15 is 0 Å². The number of fused-ring (bicyclic) bond motifs is 1. The van der Waals surface area contributed by atoms with Crippen LogP contribution in [0.1, 0.15) is 15.4 Å². The number of Topliss-reactive ketones (excluding diaryl/α,β-unsaturated/α-hetero) is 1. The van der Waals surface area contributed by atoms with E-state index in [2.05, 4.69) is 9.97 Å². The van der Waals surface area contributed by atoms with Crippen molar-refractivity contribution >= 4 is 38.7 Å². The van der Waals surface area contributed by atoms with Gasteiger partial charge < -0.3 is 4.98 Å². The van der Waals surface area contributed by atoms with E-state index in [0.717, 1.165) is 10.4 Å². The molecule has 4 heterocycles. The van der Waals surface area contributed by atoms with Crippen LogP contribution in [0.5, 0.6) is 0 Å². The molecule has 1 N–H and O–H groups in total. The third-order valence-electron chi connectivity index (χ3n) is 3.78. The smallest absolute Gasteiger partial charge is 0.263 e. The molecule has 0 radical (unpaired) electrons. The van der Waals surface area contributed by atoms with E-state index in [1.54, 1.807) is 29.7 Å². The Labute approximate surface area is 145 Å². The molecular weight excluding hydrogens is 342 g/mol. The zero-order valence-electron chi connectivity index (χ0n) is 12.8. The molecule has 0 saturated heterocycles. The Bertz CT molecular complexity index is 1090. The van der Waals surface area contributed by atoms with Crippen molar-refractivity contribution in [2.24, 2.45) is 0 Å². The average molecular weight is 355 g/mol. The maximum absolute atomic E-state index is 12.9. The normalized spacial score (nSPS) is 11.2. The number of hydrogen-bond donors (Lipinski definition) is 1. The van der Waals surface area contributed by atoms with Crippen molar-refractivity contribution in [1.29, 1.82) is 0 Å². The van der Waals surface area contributed by atoms with Gasteiger partial charge in [-0.25, -0.2) is 4.98 Å². The minimum absolute atomic E-state index is 0.0267. The van der Waals surface area contributed by atoms with Gasteiger partial charge >= 0.3 is 0 Å². The third kappa shape index (κ3) is 2.51. The van der Waals surface area contributed by atoms with Gasteiger partial charge in [-0.2, -0.15) is 0 Å². The molecule has 120 valence electrons. The lowest BCUT2D eigenvalue weighted by molar-refractivity contribution is 0.0966. The number of H-pyrrole nitrogens is 1. The molecule has 0 aliphatic heterocycles. The maximum atomic E-state index is 12.9. The Morgan fingerprint density at radius 3 is 2.92 bits per heavy atom. The van der Waals surface area contributed by atoms with Crippen molar-refractivity contribution in [2.45, 2.75) is 13.5 Å². The fourth-order valence-corrected chi connectivity index (χ4v) is 4.45. The molecular formula is C17H13N3O2S2. The van der Waals surface area contributed by atoms with Gasteiger partial charge in [0.1, 0.15) is 4.83 Å². The van der Waals surface area contributed by atoms with Crippen molar-refractivity contribution in [3.05, 3.63) is 63.1 Å². The van der Waals surface area contributed by atoms with E-state index in [4.69, 9.17) is 0 Å². The molecule has 0 atom stereocenters. The summed E-state index contributed by atoms with van der Waals surface area (Å²) in [5.74, 6) is -0.146. The van der Waals surface area contributed by atoms with Crippen LogP contribution in [0.15, 0.2) is 47.0 Å². The van der Waals surface area contributed by atoms with Gasteiger partial charge in [-0.05, 0) is 31.2 Å². The summed E-state index contributed by atoms with van der Waals surface area (Å²) >= 11 is 3.09. The summed E-state index contributed by atoms with van der Waals surface area (Å²) in [5.41, 5.74) is 1.20. The summed E-state index contributed by atoms with van der Waals surface area (Å²) in [7, 11) is 0. The van der Waals surface area contributed by atoms with Crippen LogP contribution in [0.3, 0.4) is 0 Å². The summed E-state index contributed by atoms with van der Waals surface area (Å²) in [6.45, 7) is 2.01. The summed E-state index contributed by atoms with van der Waals surface area (Å²) in [5, 5.41) is 2.55. The third-order valence-corrected chi connectivity index (χ3v) is 5.70. The molecule has 0 spiro atoms. The van der Waals surface area contributed by atoms with E-state index in [0.29, 0.717) is 15.9 Å². The fraction of sp³-hybridized carbons (Fsp3) is 0.118. The molecule has 0 bridgehead atoms. The number of ketones is 1. The molecule has 0 fully saturated rings. The monoisotopic (exact) mass is 355 g/mol. The molecule has 0 aromatic carbocycles. The molecule has 4 aromatic heterocycles. The number of rotatable bonds is 4.